The fourth-order valence-electron chi connectivity index (χ4n) is 3.42. The van der Waals surface area contributed by atoms with Crippen molar-refractivity contribution in [3.63, 3.8) is 0 Å². The number of carbonyl (C=O) groups is 1. The summed E-state index contributed by atoms with van der Waals surface area (Å²) < 4.78 is 48.4. The molecule has 0 aliphatic heterocycles. The normalized spacial score (nSPS) is 23.4. The molecule has 8 heteroatoms. The molecule has 0 aromatic carbocycles. The predicted molar refractivity (Wildman–Crippen MR) is 75.8 cm³/mol. The Balaban J connectivity index is 2.14. The lowest BCUT2D eigenvalue weighted by Crippen LogP contribution is -2.64. The maximum Gasteiger partial charge on any atom is 0.452 e. The topological polar surface area (TPSA) is 64.4 Å². The second-order valence-electron chi connectivity index (χ2n) is 5.67. The lowest BCUT2D eigenvalue weighted by atomic mass is 9.58. The Labute approximate surface area is 132 Å². The third-order valence-electron chi connectivity index (χ3n) is 4.81. The Morgan fingerprint density at radius 3 is 2.61 bits per heavy atom. The minimum absolute atomic E-state index is 0.00666. The van der Waals surface area contributed by atoms with Gasteiger partial charge in [0.1, 0.15) is 0 Å². The van der Waals surface area contributed by atoms with Crippen LogP contribution in [0, 0.1) is 5.41 Å². The average molecular weight is 334 g/mol. The second kappa shape index (κ2) is 6.51. The molecule has 0 unspecified atom stereocenters. The fourth-order valence-corrected chi connectivity index (χ4v) is 3.42. The van der Waals surface area contributed by atoms with Gasteiger partial charge < -0.3 is 14.5 Å². The van der Waals surface area contributed by atoms with Crippen molar-refractivity contribution >= 4 is 5.91 Å². The van der Waals surface area contributed by atoms with E-state index < -0.39 is 23.5 Å². The van der Waals surface area contributed by atoms with Crippen molar-refractivity contribution in [2.45, 2.75) is 58.4 Å². The number of nitrogens with one attached hydrogen (secondary N) is 1. The molecule has 1 aromatic heterocycles. The molecule has 0 bridgehead atoms. The van der Waals surface area contributed by atoms with Crippen LogP contribution in [0.4, 0.5) is 13.2 Å². The van der Waals surface area contributed by atoms with E-state index in [2.05, 4.69) is 14.7 Å². The third kappa shape index (κ3) is 3.08. The minimum Gasteiger partial charge on any atom is -0.438 e. The monoisotopic (exact) mass is 334 g/mol. The summed E-state index contributed by atoms with van der Waals surface area (Å²) in [4.78, 5) is 15.6. The Kier molecular flexibility index (Phi) is 5.03. The van der Waals surface area contributed by atoms with E-state index in [1.165, 1.54) is 0 Å². The summed E-state index contributed by atoms with van der Waals surface area (Å²) in [5.41, 5.74) is -0.980. The molecular formula is C15H21F3N2O3. The standard InChI is InChI=1S/C15H21F3N2O3/c1-4-14(5-2)9(7-10(14)22-6-3)20-13(21)11-12(15(16,17)18)23-8-19-11/h8-10H,4-7H2,1-3H3,(H,20,21)/t9-,10-/m1/s1. The highest BCUT2D eigenvalue weighted by Gasteiger charge is 2.54. The smallest absolute Gasteiger partial charge is 0.438 e. The van der Waals surface area contributed by atoms with Crippen molar-refractivity contribution in [1.82, 2.24) is 10.3 Å². The highest BCUT2D eigenvalue weighted by molar-refractivity contribution is 5.93. The molecule has 0 saturated heterocycles. The summed E-state index contributed by atoms with van der Waals surface area (Å²) in [6, 6.07) is -0.237. The van der Waals surface area contributed by atoms with Crippen LogP contribution >= 0.6 is 0 Å². The van der Waals surface area contributed by atoms with E-state index in [0.29, 0.717) is 19.4 Å². The van der Waals surface area contributed by atoms with Gasteiger partial charge in [-0.05, 0) is 26.2 Å². The summed E-state index contributed by atoms with van der Waals surface area (Å²) in [7, 11) is 0. The molecule has 23 heavy (non-hydrogen) atoms. The lowest BCUT2D eigenvalue weighted by molar-refractivity contribution is -0.153. The molecule has 1 aliphatic rings. The maximum absolute atomic E-state index is 12.8. The van der Waals surface area contributed by atoms with Gasteiger partial charge in [-0.15, -0.1) is 0 Å². The number of hydrogen-bond donors (Lipinski definition) is 1. The van der Waals surface area contributed by atoms with Crippen LogP contribution in [0.15, 0.2) is 10.8 Å². The average Bonchev–Trinajstić information content (AvgIpc) is 2.97. The molecule has 1 fully saturated rings. The van der Waals surface area contributed by atoms with Crippen LogP contribution in [0.5, 0.6) is 0 Å². The lowest BCUT2D eigenvalue weighted by Gasteiger charge is -2.55. The van der Waals surface area contributed by atoms with Crippen LogP contribution in [0.2, 0.25) is 0 Å². The predicted octanol–water partition coefficient (Wildman–Crippen LogP) is 3.41. The summed E-state index contributed by atoms with van der Waals surface area (Å²) in [5, 5.41) is 2.67. The Morgan fingerprint density at radius 1 is 1.43 bits per heavy atom. The molecule has 1 aliphatic carbocycles. The van der Waals surface area contributed by atoms with Gasteiger partial charge in [0.2, 0.25) is 5.76 Å². The van der Waals surface area contributed by atoms with Gasteiger partial charge in [0.25, 0.3) is 5.91 Å². The van der Waals surface area contributed by atoms with Crippen LogP contribution in [0.1, 0.15) is 56.3 Å². The minimum atomic E-state index is -4.75. The van der Waals surface area contributed by atoms with Crippen LogP contribution in [0.3, 0.4) is 0 Å². The van der Waals surface area contributed by atoms with Gasteiger partial charge in [-0.2, -0.15) is 13.2 Å². The summed E-state index contributed by atoms with van der Waals surface area (Å²) in [6.45, 7) is 6.44. The second-order valence-corrected chi connectivity index (χ2v) is 5.67. The number of carbonyl (C=O) groups excluding carboxylic acids is 1. The molecule has 1 aromatic rings. The first kappa shape index (κ1) is 17.8. The first-order valence-corrected chi connectivity index (χ1v) is 7.73. The number of oxazole rings is 1. The van der Waals surface area contributed by atoms with Gasteiger partial charge >= 0.3 is 6.18 Å². The number of ether oxygens (including phenoxy) is 1. The quantitative estimate of drug-likeness (QED) is 0.866. The molecule has 5 nitrogen and oxygen atoms in total. The number of nitrogens with zero attached hydrogens (tertiary/aromatic N) is 1. The Morgan fingerprint density at radius 2 is 2.09 bits per heavy atom. The molecule has 2 atom stereocenters. The van der Waals surface area contributed by atoms with E-state index in [-0.39, 0.29) is 17.6 Å². The highest BCUT2D eigenvalue weighted by atomic mass is 19.4. The van der Waals surface area contributed by atoms with E-state index >= 15 is 0 Å². The molecule has 0 spiro atoms. The van der Waals surface area contributed by atoms with Crippen molar-refractivity contribution < 1.29 is 27.1 Å². The zero-order valence-electron chi connectivity index (χ0n) is 13.4. The number of amides is 1. The van der Waals surface area contributed by atoms with Gasteiger partial charge in [-0.25, -0.2) is 4.98 Å². The molecular weight excluding hydrogens is 313 g/mol. The van der Waals surface area contributed by atoms with Gasteiger partial charge in [-0.1, -0.05) is 13.8 Å². The largest absolute Gasteiger partial charge is 0.452 e. The van der Waals surface area contributed by atoms with E-state index in [1.807, 2.05) is 20.8 Å². The number of hydrogen-bond acceptors (Lipinski definition) is 4. The molecule has 1 heterocycles. The van der Waals surface area contributed by atoms with Crippen molar-refractivity contribution in [2.75, 3.05) is 6.61 Å². The number of halogens is 3. The molecule has 130 valence electrons. The van der Waals surface area contributed by atoms with Crippen molar-refractivity contribution in [1.29, 1.82) is 0 Å². The van der Waals surface area contributed by atoms with E-state index in [1.54, 1.807) is 0 Å². The summed E-state index contributed by atoms with van der Waals surface area (Å²) in [5.74, 6) is -2.23. The van der Waals surface area contributed by atoms with E-state index in [9.17, 15) is 18.0 Å². The first-order valence-electron chi connectivity index (χ1n) is 7.73. The van der Waals surface area contributed by atoms with Gasteiger partial charge in [-0.3, -0.25) is 4.79 Å². The highest BCUT2D eigenvalue weighted by Crippen LogP contribution is 2.49. The molecule has 1 saturated carbocycles. The van der Waals surface area contributed by atoms with Crippen LogP contribution < -0.4 is 5.32 Å². The van der Waals surface area contributed by atoms with Crippen molar-refractivity contribution in [3.8, 4) is 0 Å². The van der Waals surface area contributed by atoms with E-state index in [4.69, 9.17) is 4.74 Å². The Hall–Kier alpha value is -1.57. The first-order chi connectivity index (χ1) is 10.8. The van der Waals surface area contributed by atoms with E-state index in [0.717, 1.165) is 12.8 Å². The maximum atomic E-state index is 12.8. The van der Waals surface area contributed by atoms with Gasteiger partial charge in [0, 0.05) is 18.1 Å². The zero-order chi connectivity index (χ0) is 17.3. The molecule has 0 radical (unpaired) electrons. The third-order valence-corrected chi connectivity index (χ3v) is 4.81. The number of aromatic nitrogens is 1. The van der Waals surface area contributed by atoms with Crippen molar-refractivity contribution in [2.24, 2.45) is 5.41 Å². The van der Waals surface area contributed by atoms with Gasteiger partial charge in [0.05, 0.1) is 6.10 Å². The Bertz CT molecular complexity index is 552. The van der Waals surface area contributed by atoms with Crippen molar-refractivity contribution in [3.05, 3.63) is 17.8 Å². The summed E-state index contributed by atoms with van der Waals surface area (Å²) >= 11 is 0. The fraction of sp³-hybridized carbons (Fsp3) is 0.733. The molecule has 1 N–H and O–H groups in total. The molecule has 2 rings (SSSR count). The van der Waals surface area contributed by atoms with Crippen LogP contribution in [-0.2, 0) is 10.9 Å². The zero-order valence-corrected chi connectivity index (χ0v) is 13.4. The van der Waals surface area contributed by atoms with Gasteiger partial charge in [0.15, 0.2) is 12.1 Å². The molecule has 1 amide bonds. The SMILES string of the molecule is CCO[C@@H]1C[C@@H](NC(=O)c2ncoc2C(F)(F)F)C1(CC)CC. The van der Waals surface area contributed by atoms with Crippen LogP contribution in [-0.4, -0.2) is 29.6 Å². The number of alkyl halides is 3. The number of rotatable bonds is 6. The van der Waals surface area contributed by atoms with Crippen LogP contribution in [0.25, 0.3) is 0 Å². The summed E-state index contributed by atoms with van der Waals surface area (Å²) in [6.07, 6.45) is -1.99.